The number of benzene rings is 1. The molecule has 0 radical (unpaired) electrons. The van der Waals surface area contributed by atoms with Crippen LogP contribution in [0.3, 0.4) is 0 Å². The molecule has 0 aliphatic rings. The monoisotopic (exact) mass is 333 g/mol. The highest BCUT2D eigenvalue weighted by Crippen LogP contribution is 2.25. The van der Waals surface area contributed by atoms with E-state index in [9.17, 15) is 8.42 Å². The Morgan fingerprint density at radius 2 is 2.05 bits per heavy atom. The second kappa shape index (κ2) is 8.61. The highest BCUT2D eigenvalue weighted by Gasteiger charge is 2.08. The van der Waals surface area contributed by atoms with Gasteiger partial charge in [0.25, 0.3) is 0 Å². The van der Waals surface area contributed by atoms with Crippen molar-refractivity contribution >= 4 is 21.4 Å². The van der Waals surface area contributed by atoms with Crippen molar-refractivity contribution in [2.24, 2.45) is 0 Å². The Kier molecular flexibility index (Phi) is 7.49. The van der Waals surface area contributed by atoms with Crippen LogP contribution < -0.4 is 10.1 Å². The van der Waals surface area contributed by atoms with E-state index in [0.29, 0.717) is 29.8 Å². The van der Waals surface area contributed by atoms with Gasteiger partial charge in [0, 0.05) is 18.3 Å². The Bertz CT molecular complexity index is 544. The smallest absolute Gasteiger partial charge is 0.150 e. The molecule has 21 heavy (non-hydrogen) atoms. The summed E-state index contributed by atoms with van der Waals surface area (Å²) in [4.78, 5) is 0. The summed E-state index contributed by atoms with van der Waals surface area (Å²) in [5.74, 6) is 0.918. The molecule has 0 unspecified atom stereocenters. The zero-order valence-electron chi connectivity index (χ0n) is 12.9. The van der Waals surface area contributed by atoms with Crippen LogP contribution in [0.1, 0.15) is 32.8 Å². The van der Waals surface area contributed by atoms with Gasteiger partial charge >= 0.3 is 0 Å². The summed E-state index contributed by atoms with van der Waals surface area (Å²) in [6, 6.07) is 6.07. The van der Waals surface area contributed by atoms with E-state index in [2.05, 4.69) is 19.2 Å². The Hall–Kier alpha value is -0.780. The number of nitrogens with one attached hydrogen (secondary N) is 1. The van der Waals surface area contributed by atoms with Crippen LogP contribution >= 0.6 is 11.6 Å². The molecule has 0 spiro atoms. The summed E-state index contributed by atoms with van der Waals surface area (Å²) in [5.41, 5.74) is 1.09. The molecule has 0 saturated heterocycles. The van der Waals surface area contributed by atoms with Crippen LogP contribution in [-0.4, -0.2) is 32.6 Å². The fourth-order valence-corrected chi connectivity index (χ4v) is 2.80. The molecule has 0 amide bonds. The molecule has 0 saturated carbocycles. The highest BCUT2D eigenvalue weighted by molar-refractivity contribution is 7.91. The van der Waals surface area contributed by atoms with Crippen LogP contribution in [0, 0.1) is 0 Å². The second-order valence-corrected chi connectivity index (χ2v) is 8.12. The summed E-state index contributed by atoms with van der Waals surface area (Å²) in [5, 5.41) is 3.87. The molecule has 4 nitrogen and oxygen atoms in total. The van der Waals surface area contributed by atoms with Crippen LogP contribution in [0.2, 0.25) is 5.02 Å². The SMILES string of the molecule is CCS(=O)(=O)CCCOc1ccc(CNC(C)C)cc1Cl. The van der Waals surface area contributed by atoms with Crippen molar-refractivity contribution in [1.82, 2.24) is 5.32 Å². The van der Waals surface area contributed by atoms with Crippen molar-refractivity contribution in [2.75, 3.05) is 18.1 Å². The molecule has 120 valence electrons. The molecular weight excluding hydrogens is 310 g/mol. The first kappa shape index (κ1) is 18.3. The standard InChI is InChI=1S/C15H24ClNO3S/c1-4-21(18,19)9-5-8-20-15-7-6-13(10-14(15)16)11-17-12(2)3/h6-7,10,12,17H,4-5,8-9,11H2,1-3H3. The van der Waals surface area contributed by atoms with E-state index in [1.807, 2.05) is 18.2 Å². The Morgan fingerprint density at radius 3 is 2.62 bits per heavy atom. The van der Waals surface area contributed by atoms with E-state index in [0.717, 1.165) is 12.1 Å². The molecule has 0 bridgehead atoms. The quantitative estimate of drug-likeness (QED) is 0.706. The third-order valence-electron chi connectivity index (χ3n) is 3.01. The van der Waals surface area contributed by atoms with E-state index in [4.69, 9.17) is 16.3 Å². The van der Waals surface area contributed by atoms with Gasteiger partial charge in [0.15, 0.2) is 0 Å². The third-order valence-corrected chi connectivity index (χ3v) is 5.09. The van der Waals surface area contributed by atoms with Gasteiger partial charge in [-0.1, -0.05) is 38.4 Å². The van der Waals surface area contributed by atoms with Gasteiger partial charge in [-0.3, -0.25) is 0 Å². The van der Waals surface area contributed by atoms with E-state index in [1.54, 1.807) is 6.92 Å². The van der Waals surface area contributed by atoms with Gasteiger partial charge in [0.2, 0.25) is 0 Å². The number of hydrogen-bond donors (Lipinski definition) is 1. The third kappa shape index (κ3) is 7.16. The van der Waals surface area contributed by atoms with Crippen LogP contribution in [0.15, 0.2) is 18.2 Å². The van der Waals surface area contributed by atoms with Crippen LogP contribution in [0.5, 0.6) is 5.75 Å². The molecule has 0 heterocycles. The largest absolute Gasteiger partial charge is 0.492 e. The average molecular weight is 334 g/mol. The predicted molar refractivity (Wildman–Crippen MR) is 87.9 cm³/mol. The van der Waals surface area contributed by atoms with Gasteiger partial charge in [-0.2, -0.15) is 0 Å². The van der Waals surface area contributed by atoms with Crippen molar-refractivity contribution in [1.29, 1.82) is 0 Å². The van der Waals surface area contributed by atoms with E-state index >= 15 is 0 Å². The molecule has 1 rings (SSSR count). The molecule has 1 aromatic carbocycles. The molecule has 6 heteroatoms. The van der Waals surface area contributed by atoms with Gasteiger partial charge in [0.1, 0.15) is 15.6 Å². The number of hydrogen-bond acceptors (Lipinski definition) is 4. The Balaban J connectivity index is 2.46. The summed E-state index contributed by atoms with van der Waals surface area (Å²) >= 11 is 6.17. The van der Waals surface area contributed by atoms with E-state index < -0.39 is 9.84 Å². The van der Waals surface area contributed by atoms with Crippen molar-refractivity contribution in [3.05, 3.63) is 28.8 Å². The van der Waals surface area contributed by atoms with Gasteiger partial charge in [-0.25, -0.2) is 8.42 Å². The predicted octanol–water partition coefficient (Wildman–Crippen LogP) is 3.04. The minimum Gasteiger partial charge on any atom is -0.492 e. The Morgan fingerprint density at radius 1 is 1.33 bits per heavy atom. The van der Waals surface area contributed by atoms with Crippen molar-refractivity contribution in [3.63, 3.8) is 0 Å². The lowest BCUT2D eigenvalue weighted by Crippen LogP contribution is -2.21. The molecular formula is C15H24ClNO3S. The summed E-state index contributed by atoms with van der Waals surface area (Å²) in [7, 11) is -2.93. The molecule has 0 aromatic heterocycles. The molecule has 1 N–H and O–H groups in total. The number of ether oxygens (including phenoxy) is 1. The van der Waals surface area contributed by atoms with Gasteiger partial charge in [-0.15, -0.1) is 0 Å². The van der Waals surface area contributed by atoms with Gasteiger partial charge < -0.3 is 10.1 Å². The minimum atomic E-state index is -2.93. The first-order valence-electron chi connectivity index (χ1n) is 7.19. The average Bonchev–Trinajstić information content (AvgIpc) is 2.43. The summed E-state index contributed by atoms with van der Waals surface area (Å²) < 4.78 is 28.3. The van der Waals surface area contributed by atoms with Crippen LogP contribution in [-0.2, 0) is 16.4 Å². The number of halogens is 1. The molecule has 0 aliphatic heterocycles. The second-order valence-electron chi connectivity index (χ2n) is 5.24. The maximum atomic E-state index is 11.4. The summed E-state index contributed by atoms with van der Waals surface area (Å²) in [6.45, 7) is 6.93. The van der Waals surface area contributed by atoms with Crippen molar-refractivity contribution in [2.45, 2.75) is 39.8 Å². The van der Waals surface area contributed by atoms with E-state index in [1.165, 1.54) is 0 Å². The fourth-order valence-electron chi connectivity index (χ4n) is 1.70. The topological polar surface area (TPSA) is 55.4 Å². The molecule has 0 fully saturated rings. The first-order valence-corrected chi connectivity index (χ1v) is 9.39. The molecule has 0 atom stereocenters. The summed E-state index contributed by atoms with van der Waals surface area (Å²) in [6.07, 6.45) is 0.475. The van der Waals surface area contributed by atoms with Crippen LogP contribution in [0.25, 0.3) is 0 Å². The maximum Gasteiger partial charge on any atom is 0.150 e. The van der Waals surface area contributed by atoms with Gasteiger partial charge in [-0.05, 0) is 24.1 Å². The van der Waals surface area contributed by atoms with E-state index in [-0.39, 0.29) is 11.5 Å². The lowest BCUT2D eigenvalue weighted by atomic mass is 10.2. The number of sulfone groups is 1. The maximum absolute atomic E-state index is 11.4. The van der Waals surface area contributed by atoms with Crippen molar-refractivity contribution < 1.29 is 13.2 Å². The normalized spacial score (nSPS) is 11.9. The van der Waals surface area contributed by atoms with Gasteiger partial charge in [0.05, 0.1) is 17.4 Å². The fraction of sp³-hybridized carbons (Fsp3) is 0.600. The zero-order valence-corrected chi connectivity index (χ0v) is 14.4. The number of rotatable bonds is 9. The van der Waals surface area contributed by atoms with Crippen LogP contribution in [0.4, 0.5) is 0 Å². The molecule has 1 aromatic rings. The van der Waals surface area contributed by atoms with Crippen molar-refractivity contribution in [3.8, 4) is 5.75 Å². The zero-order chi connectivity index (χ0) is 15.9. The molecule has 0 aliphatic carbocycles. The lowest BCUT2D eigenvalue weighted by Gasteiger charge is -2.11. The first-order chi connectivity index (χ1) is 9.84. The lowest BCUT2D eigenvalue weighted by molar-refractivity contribution is 0.318. The Labute approximate surface area is 132 Å². The highest BCUT2D eigenvalue weighted by atomic mass is 35.5. The minimum absolute atomic E-state index is 0.150.